The van der Waals surface area contributed by atoms with Gasteiger partial charge < -0.3 is 5.32 Å². The molecule has 1 atom stereocenters. The maximum absolute atomic E-state index is 5.43. The molecule has 0 radical (unpaired) electrons. The molecule has 0 saturated carbocycles. The molecular weight excluding hydrogens is 194 g/mol. The van der Waals surface area contributed by atoms with Gasteiger partial charge in [-0.3, -0.25) is 0 Å². The van der Waals surface area contributed by atoms with Crippen LogP contribution in [0.25, 0.3) is 0 Å². The van der Waals surface area contributed by atoms with Crippen molar-refractivity contribution in [3.8, 4) is 0 Å². The van der Waals surface area contributed by atoms with Crippen molar-refractivity contribution in [1.82, 2.24) is 5.32 Å². The maximum atomic E-state index is 5.43. The van der Waals surface area contributed by atoms with Crippen molar-refractivity contribution in [2.75, 3.05) is 6.54 Å². The van der Waals surface area contributed by atoms with Crippen molar-refractivity contribution < 1.29 is 0 Å². The van der Waals surface area contributed by atoms with Crippen LogP contribution in [0.1, 0.15) is 24.1 Å². The Labute approximate surface area is 90.8 Å². The summed E-state index contributed by atoms with van der Waals surface area (Å²) in [6.07, 6.45) is 1.90. The molecule has 1 aromatic carbocycles. The van der Waals surface area contributed by atoms with Crippen molar-refractivity contribution in [3.05, 3.63) is 47.0 Å². The Morgan fingerprint density at radius 3 is 2.57 bits per heavy atom. The van der Waals surface area contributed by atoms with E-state index in [1.165, 1.54) is 16.7 Å². The third kappa shape index (κ3) is 3.52. The summed E-state index contributed by atoms with van der Waals surface area (Å²) in [4.78, 5) is 0. The Balaban J connectivity index is 2.51. The molecule has 0 fully saturated rings. The van der Waals surface area contributed by atoms with Crippen LogP contribution in [-0.4, -0.2) is 6.54 Å². The number of aryl methyl sites for hydroxylation is 1. The summed E-state index contributed by atoms with van der Waals surface area (Å²) in [5.74, 6) is 0. The van der Waals surface area contributed by atoms with E-state index >= 15 is 0 Å². The molecule has 0 amide bonds. The molecule has 14 heavy (non-hydrogen) atoms. The summed E-state index contributed by atoms with van der Waals surface area (Å²) in [6, 6.07) is 8.92. The van der Waals surface area contributed by atoms with E-state index < -0.39 is 0 Å². The highest BCUT2D eigenvalue weighted by Gasteiger charge is 2.01. The monoisotopic (exact) mass is 209 g/mol. The first-order chi connectivity index (χ1) is 6.74. The van der Waals surface area contributed by atoms with Gasteiger partial charge in [-0.15, -0.1) is 0 Å². The van der Waals surface area contributed by atoms with E-state index in [1.807, 2.05) is 6.08 Å². The summed E-state index contributed by atoms with van der Waals surface area (Å²) >= 11 is 5.43. The summed E-state index contributed by atoms with van der Waals surface area (Å²) < 4.78 is 0. The molecule has 1 N–H and O–H groups in total. The largest absolute Gasteiger partial charge is 0.307 e. The lowest BCUT2D eigenvalue weighted by atomic mass is 10.1. The lowest BCUT2D eigenvalue weighted by Gasteiger charge is -2.12. The Bertz CT molecular complexity index is 290. The molecule has 0 aliphatic heterocycles. The average Bonchev–Trinajstić information content (AvgIpc) is 2.19. The molecule has 0 heterocycles. The minimum absolute atomic E-state index is 0.364. The highest BCUT2D eigenvalue weighted by Crippen LogP contribution is 2.12. The van der Waals surface area contributed by atoms with Crippen LogP contribution in [0, 0.1) is 6.92 Å². The van der Waals surface area contributed by atoms with Crippen molar-refractivity contribution in [3.63, 3.8) is 0 Å². The highest BCUT2D eigenvalue weighted by atomic mass is 35.5. The number of halogens is 1. The van der Waals surface area contributed by atoms with Crippen LogP contribution in [0.3, 0.4) is 0 Å². The van der Waals surface area contributed by atoms with E-state index in [9.17, 15) is 0 Å². The summed E-state index contributed by atoms with van der Waals surface area (Å²) in [5, 5.41) is 3.35. The SMILES string of the molecule is Cc1ccc([C@@H](C)NC/C=C/Cl)cc1. The first kappa shape index (κ1) is 11.3. The van der Waals surface area contributed by atoms with Gasteiger partial charge in [0.1, 0.15) is 0 Å². The molecule has 1 rings (SSSR count). The Morgan fingerprint density at radius 2 is 2.00 bits per heavy atom. The van der Waals surface area contributed by atoms with Gasteiger partial charge in [-0.1, -0.05) is 47.5 Å². The Kier molecular flexibility index (Phi) is 4.71. The maximum Gasteiger partial charge on any atom is 0.0294 e. The van der Waals surface area contributed by atoms with E-state index in [4.69, 9.17) is 11.6 Å². The van der Waals surface area contributed by atoms with Crippen LogP contribution in [0.5, 0.6) is 0 Å². The van der Waals surface area contributed by atoms with Crippen LogP contribution in [0.4, 0.5) is 0 Å². The second-order valence-corrected chi connectivity index (χ2v) is 3.65. The number of benzene rings is 1. The predicted octanol–water partition coefficient (Wildman–Crippen LogP) is 3.40. The minimum Gasteiger partial charge on any atom is -0.307 e. The molecule has 1 aromatic rings. The lowest BCUT2D eigenvalue weighted by Crippen LogP contribution is -2.18. The molecule has 0 spiro atoms. The predicted molar refractivity (Wildman–Crippen MR) is 62.6 cm³/mol. The molecule has 0 bridgehead atoms. The zero-order chi connectivity index (χ0) is 10.4. The van der Waals surface area contributed by atoms with Gasteiger partial charge >= 0.3 is 0 Å². The van der Waals surface area contributed by atoms with Gasteiger partial charge in [0.25, 0.3) is 0 Å². The summed E-state index contributed by atoms with van der Waals surface area (Å²) in [6.45, 7) is 5.05. The van der Waals surface area contributed by atoms with Crippen LogP contribution in [0.15, 0.2) is 35.9 Å². The van der Waals surface area contributed by atoms with Gasteiger partial charge in [0.15, 0.2) is 0 Å². The van der Waals surface area contributed by atoms with Crippen molar-refractivity contribution >= 4 is 11.6 Å². The number of nitrogens with one attached hydrogen (secondary N) is 1. The van der Waals surface area contributed by atoms with Gasteiger partial charge in [-0.2, -0.15) is 0 Å². The fourth-order valence-electron chi connectivity index (χ4n) is 1.26. The number of rotatable bonds is 4. The molecular formula is C12H16ClN. The average molecular weight is 210 g/mol. The van der Waals surface area contributed by atoms with Crippen molar-refractivity contribution in [2.45, 2.75) is 19.9 Å². The normalized spacial score (nSPS) is 13.4. The van der Waals surface area contributed by atoms with Crippen molar-refractivity contribution in [2.24, 2.45) is 0 Å². The van der Waals surface area contributed by atoms with E-state index in [2.05, 4.69) is 43.4 Å². The zero-order valence-electron chi connectivity index (χ0n) is 8.63. The van der Waals surface area contributed by atoms with Crippen LogP contribution >= 0.6 is 11.6 Å². The topological polar surface area (TPSA) is 12.0 Å². The fraction of sp³-hybridized carbons (Fsp3) is 0.333. The smallest absolute Gasteiger partial charge is 0.0294 e. The van der Waals surface area contributed by atoms with E-state index in [-0.39, 0.29) is 0 Å². The molecule has 0 aliphatic rings. The Morgan fingerprint density at radius 1 is 1.36 bits per heavy atom. The minimum atomic E-state index is 0.364. The van der Waals surface area contributed by atoms with Gasteiger partial charge in [0.05, 0.1) is 0 Å². The molecule has 76 valence electrons. The second kappa shape index (κ2) is 5.84. The molecule has 0 aliphatic carbocycles. The summed E-state index contributed by atoms with van der Waals surface area (Å²) in [5.41, 5.74) is 4.13. The molecule has 0 saturated heterocycles. The van der Waals surface area contributed by atoms with Crippen molar-refractivity contribution in [1.29, 1.82) is 0 Å². The van der Waals surface area contributed by atoms with Crippen LogP contribution in [-0.2, 0) is 0 Å². The third-order valence-electron chi connectivity index (χ3n) is 2.21. The molecule has 1 nitrogen and oxygen atoms in total. The first-order valence-corrected chi connectivity index (χ1v) is 5.23. The standard InChI is InChI=1S/C12H16ClN/c1-10-4-6-12(7-5-10)11(2)14-9-3-8-13/h3-8,11,14H,9H2,1-2H3/b8-3+/t11-/m1/s1. The van der Waals surface area contributed by atoms with E-state index in [1.54, 1.807) is 0 Å². The quantitative estimate of drug-likeness (QED) is 0.802. The number of hydrogen-bond donors (Lipinski definition) is 1. The van der Waals surface area contributed by atoms with Gasteiger partial charge in [0, 0.05) is 18.1 Å². The first-order valence-electron chi connectivity index (χ1n) is 4.79. The van der Waals surface area contributed by atoms with E-state index in [0.29, 0.717) is 6.04 Å². The zero-order valence-corrected chi connectivity index (χ0v) is 9.38. The van der Waals surface area contributed by atoms with Gasteiger partial charge in [-0.05, 0) is 19.4 Å². The van der Waals surface area contributed by atoms with E-state index in [0.717, 1.165) is 6.54 Å². The Hall–Kier alpha value is -0.790. The fourth-order valence-corrected chi connectivity index (χ4v) is 1.35. The van der Waals surface area contributed by atoms with Crippen LogP contribution in [0.2, 0.25) is 0 Å². The molecule has 0 unspecified atom stereocenters. The third-order valence-corrected chi connectivity index (χ3v) is 2.39. The van der Waals surface area contributed by atoms with Gasteiger partial charge in [0.2, 0.25) is 0 Å². The summed E-state index contributed by atoms with van der Waals surface area (Å²) in [7, 11) is 0. The second-order valence-electron chi connectivity index (χ2n) is 3.40. The highest BCUT2D eigenvalue weighted by molar-refractivity contribution is 6.25. The molecule has 0 aromatic heterocycles. The van der Waals surface area contributed by atoms with Gasteiger partial charge in [-0.25, -0.2) is 0 Å². The number of hydrogen-bond acceptors (Lipinski definition) is 1. The van der Waals surface area contributed by atoms with Crippen LogP contribution < -0.4 is 5.32 Å². The lowest BCUT2D eigenvalue weighted by molar-refractivity contribution is 0.617. The molecule has 2 heteroatoms.